The number of hydrogen-bond donors (Lipinski definition) is 0. The summed E-state index contributed by atoms with van der Waals surface area (Å²) in [4.78, 5) is 25.5. The Balaban J connectivity index is 2.12. The van der Waals surface area contributed by atoms with Crippen LogP contribution in [0.3, 0.4) is 0 Å². The fourth-order valence-corrected chi connectivity index (χ4v) is 5.15. The van der Waals surface area contributed by atoms with Crippen molar-refractivity contribution in [1.29, 1.82) is 0 Å². The lowest BCUT2D eigenvalue weighted by atomic mass is 10.2. The highest BCUT2D eigenvalue weighted by molar-refractivity contribution is 7.98. The summed E-state index contributed by atoms with van der Waals surface area (Å²) in [7, 11) is 0. The van der Waals surface area contributed by atoms with Crippen LogP contribution in [0.4, 0.5) is 5.82 Å². The number of carbonyl (C=O) groups excluding carboxylic acids is 1. The number of rotatable bonds is 5. The van der Waals surface area contributed by atoms with Crippen LogP contribution < -0.4 is 4.90 Å². The first-order valence-electron chi connectivity index (χ1n) is 8.27. The molecule has 130 valence electrons. The van der Waals surface area contributed by atoms with E-state index in [0.29, 0.717) is 17.5 Å². The van der Waals surface area contributed by atoms with Gasteiger partial charge in [0, 0.05) is 18.3 Å². The van der Waals surface area contributed by atoms with Crippen LogP contribution in [0.5, 0.6) is 0 Å². The van der Waals surface area contributed by atoms with Gasteiger partial charge in [0.05, 0.1) is 12.0 Å². The van der Waals surface area contributed by atoms with Crippen LogP contribution in [0.15, 0.2) is 0 Å². The molecule has 2 aromatic rings. The van der Waals surface area contributed by atoms with Gasteiger partial charge in [-0.1, -0.05) is 0 Å². The molecule has 0 bridgehead atoms. The van der Waals surface area contributed by atoms with E-state index in [2.05, 4.69) is 16.1 Å². The quantitative estimate of drug-likeness (QED) is 0.751. The van der Waals surface area contributed by atoms with Crippen molar-refractivity contribution in [2.45, 2.75) is 39.7 Å². The largest absolute Gasteiger partial charge is 0.462 e. The second-order valence-corrected chi connectivity index (χ2v) is 7.91. The molecule has 1 fully saturated rings. The Morgan fingerprint density at radius 1 is 1.42 bits per heavy atom. The molecule has 0 spiro atoms. The number of aryl methyl sites for hydroxylation is 2. The van der Waals surface area contributed by atoms with Gasteiger partial charge >= 0.3 is 5.97 Å². The van der Waals surface area contributed by atoms with Gasteiger partial charge in [0.2, 0.25) is 0 Å². The second kappa shape index (κ2) is 7.27. The Morgan fingerprint density at radius 3 is 2.92 bits per heavy atom. The van der Waals surface area contributed by atoms with Crippen LogP contribution in [-0.4, -0.2) is 47.1 Å². The van der Waals surface area contributed by atoms with Crippen molar-refractivity contribution >= 4 is 45.1 Å². The summed E-state index contributed by atoms with van der Waals surface area (Å²) in [5, 5.41) is 1.02. The van der Waals surface area contributed by atoms with Gasteiger partial charge in [0.25, 0.3) is 0 Å². The SMILES string of the molecule is CCOC(=O)c1sc2nc(C)nc(N3CCCC3CSC)c2c1C. The van der Waals surface area contributed by atoms with Gasteiger partial charge in [-0.2, -0.15) is 11.8 Å². The summed E-state index contributed by atoms with van der Waals surface area (Å²) < 4.78 is 5.20. The first-order valence-corrected chi connectivity index (χ1v) is 10.5. The summed E-state index contributed by atoms with van der Waals surface area (Å²) >= 11 is 3.29. The number of ether oxygens (including phenoxy) is 1. The van der Waals surface area contributed by atoms with Crippen LogP contribution in [0.25, 0.3) is 10.2 Å². The van der Waals surface area contributed by atoms with Crippen molar-refractivity contribution in [2.24, 2.45) is 0 Å². The molecule has 0 radical (unpaired) electrons. The lowest BCUT2D eigenvalue weighted by Gasteiger charge is -2.26. The molecule has 3 rings (SSSR count). The molecule has 0 saturated carbocycles. The summed E-state index contributed by atoms with van der Waals surface area (Å²) in [6, 6.07) is 0.503. The van der Waals surface area contributed by atoms with Gasteiger partial charge in [-0.15, -0.1) is 11.3 Å². The zero-order valence-corrected chi connectivity index (χ0v) is 16.2. The third kappa shape index (κ3) is 3.11. The number of carbonyl (C=O) groups is 1. The Bertz CT molecular complexity index is 760. The maximum atomic E-state index is 12.2. The van der Waals surface area contributed by atoms with Gasteiger partial charge in [0.15, 0.2) is 0 Å². The van der Waals surface area contributed by atoms with E-state index < -0.39 is 0 Å². The third-order valence-electron chi connectivity index (χ3n) is 4.35. The minimum atomic E-state index is -0.260. The lowest BCUT2D eigenvalue weighted by Crippen LogP contribution is -2.32. The highest BCUT2D eigenvalue weighted by atomic mass is 32.2. The third-order valence-corrected chi connectivity index (χ3v) is 6.24. The Kier molecular flexibility index (Phi) is 5.30. The van der Waals surface area contributed by atoms with E-state index in [4.69, 9.17) is 9.72 Å². The number of esters is 1. The average Bonchev–Trinajstić information content (AvgIpc) is 3.12. The summed E-state index contributed by atoms with van der Waals surface area (Å²) in [5.41, 5.74) is 0.943. The van der Waals surface area contributed by atoms with E-state index in [1.54, 1.807) is 0 Å². The summed E-state index contributed by atoms with van der Waals surface area (Å²) in [6.07, 6.45) is 4.52. The maximum absolute atomic E-state index is 12.2. The zero-order valence-electron chi connectivity index (χ0n) is 14.6. The van der Waals surface area contributed by atoms with Crippen molar-refractivity contribution in [3.05, 3.63) is 16.3 Å². The molecule has 1 aliphatic heterocycles. The smallest absolute Gasteiger partial charge is 0.348 e. The van der Waals surface area contributed by atoms with Crippen LogP contribution in [-0.2, 0) is 4.74 Å². The van der Waals surface area contributed by atoms with E-state index in [-0.39, 0.29) is 5.97 Å². The molecule has 2 aromatic heterocycles. The van der Waals surface area contributed by atoms with Gasteiger partial charge < -0.3 is 9.64 Å². The lowest BCUT2D eigenvalue weighted by molar-refractivity contribution is 0.0531. The number of aromatic nitrogens is 2. The van der Waals surface area contributed by atoms with Gasteiger partial charge in [0.1, 0.15) is 21.3 Å². The van der Waals surface area contributed by atoms with E-state index in [9.17, 15) is 4.79 Å². The molecule has 1 atom stereocenters. The highest BCUT2D eigenvalue weighted by Gasteiger charge is 2.29. The van der Waals surface area contributed by atoms with E-state index >= 15 is 0 Å². The molecular weight excluding hydrogens is 342 g/mol. The molecule has 24 heavy (non-hydrogen) atoms. The van der Waals surface area contributed by atoms with E-state index in [0.717, 1.165) is 39.7 Å². The molecule has 1 saturated heterocycles. The molecule has 1 aliphatic rings. The van der Waals surface area contributed by atoms with Crippen LogP contribution in [0.2, 0.25) is 0 Å². The highest BCUT2D eigenvalue weighted by Crippen LogP contribution is 2.38. The molecule has 0 amide bonds. The fourth-order valence-electron chi connectivity index (χ4n) is 3.30. The number of thioether (sulfide) groups is 1. The Hall–Kier alpha value is -1.34. The normalized spacial score (nSPS) is 17.7. The predicted octanol–water partition coefficient (Wildman–Crippen LogP) is 3.82. The number of hydrogen-bond acceptors (Lipinski definition) is 7. The van der Waals surface area contributed by atoms with Crippen LogP contribution >= 0.6 is 23.1 Å². The van der Waals surface area contributed by atoms with Gasteiger partial charge in [-0.25, -0.2) is 14.8 Å². The molecule has 5 nitrogen and oxygen atoms in total. The Labute approximate surface area is 150 Å². The number of nitrogens with zero attached hydrogens (tertiary/aromatic N) is 3. The monoisotopic (exact) mass is 365 g/mol. The van der Waals surface area contributed by atoms with Crippen molar-refractivity contribution in [2.75, 3.05) is 30.1 Å². The molecule has 3 heterocycles. The zero-order chi connectivity index (χ0) is 17.3. The number of thiophene rings is 1. The minimum absolute atomic E-state index is 0.260. The standard InChI is InChI=1S/C17H23N3O2S2/c1-5-22-17(21)14-10(2)13-15(18-11(3)19-16(13)24-14)20-8-6-7-12(20)9-23-4/h12H,5-9H2,1-4H3. The molecule has 0 aliphatic carbocycles. The first kappa shape index (κ1) is 17.5. The average molecular weight is 366 g/mol. The van der Waals surface area contributed by atoms with Gasteiger partial charge in [-0.3, -0.25) is 0 Å². The Morgan fingerprint density at radius 2 is 2.21 bits per heavy atom. The molecule has 0 aromatic carbocycles. The van der Waals surface area contributed by atoms with Crippen LogP contribution in [0.1, 0.15) is 40.8 Å². The van der Waals surface area contributed by atoms with E-state index in [1.807, 2.05) is 32.5 Å². The summed E-state index contributed by atoms with van der Waals surface area (Å²) in [5.74, 6) is 2.57. The first-order chi connectivity index (χ1) is 11.6. The molecule has 1 unspecified atom stereocenters. The molecule has 7 heteroatoms. The number of fused-ring (bicyclic) bond motifs is 1. The van der Waals surface area contributed by atoms with E-state index in [1.165, 1.54) is 24.2 Å². The number of anilines is 1. The van der Waals surface area contributed by atoms with Crippen molar-refractivity contribution < 1.29 is 9.53 Å². The van der Waals surface area contributed by atoms with Gasteiger partial charge in [-0.05, 0) is 45.4 Å². The maximum Gasteiger partial charge on any atom is 0.348 e. The fraction of sp³-hybridized carbons (Fsp3) is 0.588. The van der Waals surface area contributed by atoms with Crippen molar-refractivity contribution in [1.82, 2.24) is 9.97 Å². The molecule has 0 N–H and O–H groups in total. The topological polar surface area (TPSA) is 55.3 Å². The van der Waals surface area contributed by atoms with Crippen molar-refractivity contribution in [3.8, 4) is 0 Å². The van der Waals surface area contributed by atoms with Crippen LogP contribution in [0, 0.1) is 13.8 Å². The molecular formula is C17H23N3O2S2. The predicted molar refractivity (Wildman–Crippen MR) is 102 cm³/mol. The van der Waals surface area contributed by atoms with Crippen molar-refractivity contribution in [3.63, 3.8) is 0 Å². The summed E-state index contributed by atoms with van der Waals surface area (Å²) in [6.45, 7) is 7.12. The second-order valence-electron chi connectivity index (χ2n) is 6.00. The minimum Gasteiger partial charge on any atom is -0.462 e.